The number of aryl methyl sites for hydroxylation is 1. The fraction of sp³-hybridized carbons (Fsp3) is 0.300. The highest BCUT2D eigenvalue weighted by atomic mass is 28.3. The van der Waals surface area contributed by atoms with Gasteiger partial charge in [-0.05, 0) is 30.0 Å². The van der Waals surface area contributed by atoms with Crippen molar-refractivity contribution in [3.63, 3.8) is 0 Å². The molecule has 1 heteroatoms. The second kappa shape index (κ2) is 5.30. The van der Waals surface area contributed by atoms with Gasteiger partial charge in [0.2, 0.25) is 0 Å². The van der Waals surface area contributed by atoms with Crippen LogP contribution in [-0.2, 0) is 6.42 Å². The molecular formula is C20H24Si. The standard InChI is InChI=1S/C20H24Si/c1-15-9-11-16(12-10-15)13-19-18-8-6-5-7-17(18)14-20(19)21(2,3)4/h5-12,14,19H,13H2,1-4H3. The maximum Gasteiger partial charge on any atom is 0.0732 e. The second-order valence-electron chi connectivity index (χ2n) is 7.22. The van der Waals surface area contributed by atoms with Crippen LogP contribution in [0.5, 0.6) is 0 Å². The fourth-order valence-corrected chi connectivity index (χ4v) is 5.21. The molecular weight excluding hydrogens is 268 g/mol. The molecule has 0 N–H and O–H groups in total. The maximum absolute atomic E-state index is 2.47. The first kappa shape index (κ1) is 14.3. The van der Waals surface area contributed by atoms with E-state index in [4.69, 9.17) is 0 Å². The van der Waals surface area contributed by atoms with Crippen molar-refractivity contribution in [1.29, 1.82) is 0 Å². The van der Waals surface area contributed by atoms with Crippen molar-refractivity contribution in [2.24, 2.45) is 0 Å². The third kappa shape index (κ3) is 2.89. The SMILES string of the molecule is Cc1ccc(CC2C([Si](C)(C)C)=Cc3ccccc32)cc1. The summed E-state index contributed by atoms with van der Waals surface area (Å²) in [6, 6.07) is 18.0. The minimum absolute atomic E-state index is 0.579. The zero-order valence-electron chi connectivity index (χ0n) is 13.5. The van der Waals surface area contributed by atoms with E-state index in [2.05, 4.69) is 81.2 Å². The molecule has 1 atom stereocenters. The Balaban J connectivity index is 1.98. The van der Waals surface area contributed by atoms with Crippen LogP contribution < -0.4 is 0 Å². The minimum Gasteiger partial charge on any atom is -0.0728 e. The van der Waals surface area contributed by atoms with E-state index in [0.717, 1.165) is 6.42 Å². The van der Waals surface area contributed by atoms with Gasteiger partial charge in [-0.2, -0.15) is 0 Å². The van der Waals surface area contributed by atoms with E-state index in [-0.39, 0.29) is 0 Å². The van der Waals surface area contributed by atoms with E-state index >= 15 is 0 Å². The van der Waals surface area contributed by atoms with Crippen LogP contribution in [-0.4, -0.2) is 8.07 Å². The normalized spacial score (nSPS) is 17.5. The molecule has 2 aromatic carbocycles. The van der Waals surface area contributed by atoms with Gasteiger partial charge in [0, 0.05) is 5.92 Å². The predicted molar refractivity (Wildman–Crippen MR) is 95.4 cm³/mol. The van der Waals surface area contributed by atoms with Crippen LogP contribution in [0.15, 0.2) is 53.7 Å². The lowest BCUT2D eigenvalue weighted by Crippen LogP contribution is -2.27. The van der Waals surface area contributed by atoms with Gasteiger partial charge in [0.25, 0.3) is 0 Å². The van der Waals surface area contributed by atoms with E-state index in [0.29, 0.717) is 5.92 Å². The molecule has 0 radical (unpaired) electrons. The van der Waals surface area contributed by atoms with Crippen molar-refractivity contribution in [3.8, 4) is 0 Å². The van der Waals surface area contributed by atoms with E-state index < -0.39 is 8.07 Å². The summed E-state index contributed by atoms with van der Waals surface area (Å²) in [5.41, 5.74) is 5.75. The van der Waals surface area contributed by atoms with E-state index in [1.807, 2.05) is 0 Å². The van der Waals surface area contributed by atoms with E-state index in [9.17, 15) is 0 Å². The summed E-state index contributed by atoms with van der Waals surface area (Å²) in [6.07, 6.45) is 3.60. The molecule has 2 aromatic rings. The molecule has 0 spiro atoms. The number of benzene rings is 2. The molecule has 1 aliphatic rings. The van der Waals surface area contributed by atoms with Gasteiger partial charge in [-0.25, -0.2) is 0 Å². The summed E-state index contributed by atoms with van der Waals surface area (Å²) in [4.78, 5) is 0. The average molecular weight is 292 g/mol. The Morgan fingerprint density at radius 3 is 2.24 bits per heavy atom. The maximum atomic E-state index is 2.47. The van der Waals surface area contributed by atoms with Gasteiger partial charge in [0.1, 0.15) is 0 Å². The van der Waals surface area contributed by atoms with Crippen molar-refractivity contribution in [3.05, 3.63) is 76.0 Å². The first-order valence-electron chi connectivity index (χ1n) is 7.82. The molecule has 0 nitrogen and oxygen atoms in total. The minimum atomic E-state index is -1.29. The Bertz CT molecular complexity index is 672. The third-order valence-electron chi connectivity index (χ3n) is 4.48. The summed E-state index contributed by atoms with van der Waals surface area (Å²) < 4.78 is 0. The molecule has 21 heavy (non-hydrogen) atoms. The molecule has 0 fully saturated rings. The zero-order chi connectivity index (χ0) is 15.0. The van der Waals surface area contributed by atoms with Crippen molar-refractivity contribution >= 4 is 14.1 Å². The Hall–Kier alpha value is -1.60. The second-order valence-corrected chi connectivity index (χ2v) is 12.3. The Morgan fingerprint density at radius 1 is 0.905 bits per heavy atom. The first-order chi connectivity index (χ1) is 9.95. The highest BCUT2D eigenvalue weighted by Crippen LogP contribution is 2.42. The topological polar surface area (TPSA) is 0 Å². The van der Waals surface area contributed by atoms with Gasteiger partial charge in [0.05, 0.1) is 8.07 Å². The molecule has 0 amide bonds. The first-order valence-corrected chi connectivity index (χ1v) is 11.3. The molecule has 3 rings (SSSR count). The third-order valence-corrected chi connectivity index (χ3v) is 6.71. The molecule has 0 aliphatic heterocycles. The predicted octanol–water partition coefficient (Wildman–Crippen LogP) is 5.60. The van der Waals surface area contributed by atoms with Crippen molar-refractivity contribution < 1.29 is 0 Å². The molecule has 0 heterocycles. The zero-order valence-corrected chi connectivity index (χ0v) is 14.5. The Morgan fingerprint density at radius 2 is 1.57 bits per heavy atom. The Labute approximate surface area is 129 Å². The molecule has 0 saturated heterocycles. The summed E-state index contributed by atoms with van der Waals surface area (Å²) in [5.74, 6) is 0.579. The van der Waals surface area contributed by atoms with Gasteiger partial charge in [-0.15, -0.1) is 0 Å². The van der Waals surface area contributed by atoms with Gasteiger partial charge >= 0.3 is 0 Å². The summed E-state index contributed by atoms with van der Waals surface area (Å²) >= 11 is 0. The van der Waals surface area contributed by atoms with Gasteiger partial charge < -0.3 is 0 Å². The lowest BCUT2D eigenvalue weighted by atomic mass is 9.93. The van der Waals surface area contributed by atoms with Gasteiger partial charge in [-0.3, -0.25) is 0 Å². The quantitative estimate of drug-likeness (QED) is 0.646. The number of rotatable bonds is 3. The largest absolute Gasteiger partial charge is 0.0732 e. The molecule has 1 aliphatic carbocycles. The molecule has 108 valence electrons. The molecule has 0 bridgehead atoms. The number of hydrogen-bond acceptors (Lipinski definition) is 0. The van der Waals surface area contributed by atoms with E-state index in [1.54, 1.807) is 5.20 Å². The average Bonchev–Trinajstić information content (AvgIpc) is 2.81. The Kier molecular flexibility index (Phi) is 3.62. The highest BCUT2D eigenvalue weighted by molar-refractivity contribution is 6.84. The monoisotopic (exact) mass is 292 g/mol. The number of allylic oxidation sites excluding steroid dienone is 1. The van der Waals surface area contributed by atoms with Crippen LogP contribution in [0.25, 0.3) is 6.08 Å². The van der Waals surface area contributed by atoms with E-state index in [1.165, 1.54) is 22.3 Å². The van der Waals surface area contributed by atoms with Crippen LogP contribution in [0, 0.1) is 6.92 Å². The van der Waals surface area contributed by atoms with Crippen LogP contribution in [0.4, 0.5) is 0 Å². The summed E-state index contributed by atoms with van der Waals surface area (Å²) in [6.45, 7) is 9.55. The van der Waals surface area contributed by atoms with Gasteiger partial charge in [-0.1, -0.05) is 85.0 Å². The highest BCUT2D eigenvalue weighted by Gasteiger charge is 2.33. The molecule has 0 saturated carbocycles. The van der Waals surface area contributed by atoms with Crippen molar-refractivity contribution in [2.45, 2.75) is 38.9 Å². The summed E-state index contributed by atoms with van der Waals surface area (Å²) in [7, 11) is -1.29. The van der Waals surface area contributed by atoms with Crippen LogP contribution in [0.3, 0.4) is 0 Å². The van der Waals surface area contributed by atoms with Crippen LogP contribution >= 0.6 is 0 Å². The number of fused-ring (bicyclic) bond motifs is 1. The lowest BCUT2D eigenvalue weighted by Gasteiger charge is -2.26. The van der Waals surface area contributed by atoms with Gasteiger partial charge in [0.15, 0.2) is 0 Å². The van der Waals surface area contributed by atoms with Crippen LogP contribution in [0.2, 0.25) is 19.6 Å². The summed E-state index contributed by atoms with van der Waals surface area (Å²) in [5, 5.41) is 1.70. The van der Waals surface area contributed by atoms with Crippen LogP contribution in [0.1, 0.15) is 28.2 Å². The smallest absolute Gasteiger partial charge is 0.0728 e. The van der Waals surface area contributed by atoms with Crippen molar-refractivity contribution in [1.82, 2.24) is 0 Å². The van der Waals surface area contributed by atoms with Crippen molar-refractivity contribution in [2.75, 3.05) is 0 Å². The fourth-order valence-electron chi connectivity index (χ4n) is 3.31. The lowest BCUT2D eigenvalue weighted by molar-refractivity contribution is 0.829. The number of hydrogen-bond donors (Lipinski definition) is 0. The molecule has 0 aromatic heterocycles. The molecule has 1 unspecified atom stereocenters.